The molecule has 5 heteroatoms. The molecule has 0 aliphatic heterocycles. The third kappa shape index (κ3) is 3.48. The van der Waals surface area contributed by atoms with Crippen molar-refractivity contribution >= 4 is 5.82 Å². The summed E-state index contributed by atoms with van der Waals surface area (Å²) < 4.78 is 7.31. The second kappa shape index (κ2) is 4.68. The molecule has 1 N–H and O–H groups in total. The van der Waals surface area contributed by atoms with E-state index in [0.717, 1.165) is 5.82 Å². The average molecular weight is 246 g/mol. The standard InChI is InChI=1S/C13H18N4O/c1-13(2,3)16-11-6-5-7-12(15-11)18-10-8-14-17(4)9-10/h5-9H,1-4H3,(H,15,16). The fraction of sp³-hybridized carbons (Fsp3) is 0.385. The largest absolute Gasteiger partial charge is 0.436 e. The van der Waals surface area contributed by atoms with Crippen LogP contribution >= 0.6 is 0 Å². The Hall–Kier alpha value is -2.04. The van der Waals surface area contributed by atoms with Crippen LogP contribution in [0.5, 0.6) is 11.6 Å². The van der Waals surface area contributed by atoms with Crippen molar-refractivity contribution in [3.63, 3.8) is 0 Å². The molecule has 18 heavy (non-hydrogen) atoms. The molecule has 0 fully saturated rings. The maximum absolute atomic E-state index is 5.62. The number of hydrogen-bond donors (Lipinski definition) is 1. The minimum atomic E-state index is -0.0279. The van der Waals surface area contributed by atoms with Crippen molar-refractivity contribution in [1.29, 1.82) is 0 Å². The topological polar surface area (TPSA) is 52.0 Å². The van der Waals surface area contributed by atoms with Gasteiger partial charge < -0.3 is 10.1 Å². The first-order chi connectivity index (χ1) is 8.42. The highest BCUT2D eigenvalue weighted by atomic mass is 16.5. The third-order valence-corrected chi connectivity index (χ3v) is 2.13. The Bertz CT molecular complexity index is 528. The van der Waals surface area contributed by atoms with Gasteiger partial charge in [-0.25, -0.2) is 0 Å². The van der Waals surface area contributed by atoms with E-state index in [4.69, 9.17) is 4.74 Å². The van der Waals surface area contributed by atoms with Gasteiger partial charge in [0.05, 0.1) is 12.4 Å². The molecule has 0 radical (unpaired) electrons. The Kier molecular flexibility index (Phi) is 3.23. The van der Waals surface area contributed by atoms with Gasteiger partial charge in [0.25, 0.3) is 0 Å². The van der Waals surface area contributed by atoms with Gasteiger partial charge in [0.2, 0.25) is 5.88 Å². The summed E-state index contributed by atoms with van der Waals surface area (Å²) in [6.07, 6.45) is 3.46. The monoisotopic (exact) mass is 246 g/mol. The molecule has 0 unspecified atom stereocenters. The summed E-state index contributed by atoms with van der Waals surface area (Å²) in [6.45, 7) is 6.26. The van der Waals surface area contributed by atoms with Crippen molar-refractivity contribution in [1.82, 2.24) is 14.8 Å². The number of rotatable bonds is 3. The summed E-state index contributed by atoms with van der Waals surface area (Å²) in [5.41, 5.74) is -0.0279. The van der Waals surface area contributed by atoms with Crippen LogP contribution in [0.15, 0.2) is 30.6 Å². The van der Waals surface area contributed by atoms with E-state index in [1.807, 2.05) is 25.2 Å². The molecule has 5 nitrogen and oxygen atoms in total. The number of anilines is 1. The fourth-order valence-corrected chi connectivity index (χ4v) is 1.50. The van der Waals surface area contributed by atoms with Crippen molar-refractivity contribution in [2.24, 2.45) is 7.05 Å². The minimum absolute atomic E-state index is 0.0279. The number of pyridine rings is 1. The summed E-state index contributed by atoms with van der Waals surface area (Å²) in [5, 5.41) is 7.34. The van der Waals surface area contributed by atoms with Crippen LogP contribution in [0.2, 0.25) is 0 Å². The van der Waals surface area contributed by atoms with Crippen molar-refractivity contribution in [3.05, 3.63) is 30.6 Å². The van der Waals surface area contributed by atoms with Gasteiger partial charge in [-0.05, 0) is 26.8 Å². The summed E-state index contributed by atoms with van der Waals surface area (Å²) in [4.78, 5) is 4.39. The predicted molar refractivity (Wildman–Crippen MR) is 70.9 cm³/mol. The van der Waals surface area contributed by atoms with E-state index in [1.165, 1.54) is 0 Å². The van der Waals surface area contributed by atoms with Crippen LogP contribution in [0.25, 0.3) is 0 Å². The molecule has 0 saturated carbocycles. The first-order valence-electron chi connectivity index (χ1n) is 5.84. The average Bonchev–Trinajstić information content (AvgIpc) is 2.62. The Balaban J connectivity index is 2.12. The van der Waals surface area contributed by atoms with Crippen LogP contribution in [0, 0.1) is 0 Å². The van der Waals surface area contributed by atoms with Gasteiger partial charge in [0, 0.05) is 18.7 Å². The van der Waals surface area contributed by atoms with Crippen LogP contribution < -0.4 is 10.1 Å². The molecular formula is C13H18N4O. The highest BCUT2D eigenvalue weighted by Crippen LogP contribution is 2.21. The molecule has 96 valence electrons. The molecule has 2 rings (SSSR count). The van der Waals surface area contributed by atoms with Gasteiger partial charge in [0.15, 0.2) is 5.75 Å². The number of aromatic nitrogens is 3. The van der Waals surface area contributed by atoms with E-state index >= 15 is 0 Å². The fourth-order valence-electron chi connectivity index (χ4n) is 1.50. The van der Waals surface area contributed by atoms with E-state index in [1.54, 1.807) is 17.1 Å². The van der Waals surface area contributed by atoms with Crippen molar-refractivity contribution in [2.45, 2.75) is 26.3 Å². The second-order valence-electron chi connectivity index (χ2n) is 5.19. The van der Waals surface area contributed by atoms with Crippen LogP contribution in [0.3, 0.4) is 0 Å². The summed E-state index contributed by atoms with van der Waals surface area (Å²) in [5.74, 6) is 2.03. The van der Waals surface area contributed by atoms with Gasteiger partial charge in [-0.2, -0.15) is 10.1 Å². The number of aryl methyl sites for hydroxylation is 1. The molecule has 0 aromatic carbocycles. The van der Waals surface area contributed by atoms with Crippen molar-refractivity contribution < 1.29 is 4.74 Å². The number of ether oxygens (including phenoxy) is 1. The Morgan fingerprint density at radius 2 is 2.06 bits per heavy atom. The van der Waals surface area contributed by atoms with Crippen molar-refractivity contribution in [2.75, 3.05) is 5.32 Å². The van der Waals surface area contributed by atoms with E-state index in [0.29, 0.717) is 11.6 Å². The molecule has 2 aromatic rings. The van der Waals surface area contributed by atoms with Crippen molar-refractivity contribution in [3.8, 4) is 11.6 Å². The lowest BCUT2D eigenvalue weighted by molar-refractivity contribution is 0.462. The Morgan fingerprint density at radius 1 is 1.28 bits per heavy atom. The molecule has 0 spiro atoms. The van der Waals surface area contributed by atoms with Gasteiger partial charge in [0.1, 0.15) is 5.82 Å². The molecule has 2 heterocycles. The van der Waals surface area contributed by atoms with E-state index in [-0.39, 0.29) is 5.54 Å². The van der Waals surface area contributed by atoms with Crippen LogP contribution in [-0.4, -0.2) is 20.3 Å². The number of hydrogen-bond acceptors (Lipinski definition) is 4. The lowest BCUT2D eigenvalue weighted by atomic mass is 10.1. The maximum Gasteiger partial charge on any atom is 0.221 e. The van der Waals surface area contributed by atoms with Crippen LogP contribution in [0.1, 0.15) is 20.8 Å². The molecule has 0 bridgehead atoms. The zero-order valence-corrected chi connectivity index (χ0v) is 11.1. The van der Waals surface area contributed by atoms with E-state index in [2.05, 4.69) is 36.2 Å². The summed E-state index contributed by atoms with van der Waals surface area (Å²) >= 11 is 0. The molecule has 0 aliphatic carbocycles. The molecule has 0 amide bonds. The molecule has 0 saturated heterocycles. The first kappa shape index (κ1) is 12.4. The van der Waals surface area contributed by atoms with Gasteiger partial charge in [-0.15, -0.1) is 0 Å². The van der Waals surface area contributed by atoms with Gasteiger partial charge >= 0.3 is 0 Å². The third-order valence-electron chi connectivity index (χ3n) is 2.13. The second-order valence-corrected chi connectivity index (χ2v) is 5.19. The van der Waals surface area contributed by atoms with E-state index < -0.39 is 0 Å². The number of nitrogens with one attached hydrogen (secondary N) is 1. The normalized spacial score (nSPS) is 11.3. The Labute approximate surface area is 107 Å². The zero-order valence-electron chi connectivity index (χ0n) is 11.1. The Morgan fingerprint density at radius 3 is 2.67 bits per heavy atom. The SMILES string of the molecule is Cn1cc(Oc2cccc(NC(C)(C)C)n2)cn1. The van der Waals surface area contributed by atoms with Crippen LogP contribution in [0.4, 0.5) is 5.82 Å². The summed E-state index contributed by atoms with van der Waals surface area (Å²) in [7, 11) is 1.85. The lowest BCUT2D eigenvalue weighted by Crippen LogP contribution is -2.26. The predicted octanol–water partition coefficient (Wildman–Crippen LogP) is 2.82. The van der Waals surface area contributed by atoms with Gasteiger partial charge in [-0.3, -0.25) is 4.68 Å². The lowest BCUT2D eigenvalue weighted by Gasteiger charge is -2.21. The minimum Gasteiger partial charge on any atom is -0.436 e. The molecule has 0 aliphatic rings. The quantitative estimate of drug-likeness (QED) is 0.904. The molecular weight excluding hydrogens is 228 g/mol. The van der Waals surface area contributed by atoms with Crippen LogP contribution in [-0.2, 0) is 7.05 Å². The first-order valence-corrected chi connectivity index (χ1v) is 5.84. The maximum atomic E-state index is 5.62. The highest BCUT2D eigenvalue weighted by Gasteiger charge is 2.10. The molecule has 2 aromatic heterocycles. The summed E-state index contributed by atoms with van der Waals surface area (Å²) in [6, 6.07) is 5.65. The van der Waals surface area contributed by atoms with Gasteiger partial charge in [-0.1, -0.05) is 6.07 Å². The smallest absolute Gasteiger partial charge is 0.221 e. The zero-order chi connectivity index (χ0) is 13.2. The number of nitrogens with zero attached hydrogens (tertiary/aromatic N) is 3. The highest BCUT2D eigenvalue weighted by molar-refractivity contribution is 5.40. The van der Waals surface area contributed by atoms with E-state index in [9.17, 15) is 0 Å². The molecule has 0 atom stereocenters.